The number of anilines is 1. The second-order valence-electron chi connectivity index (χ2n) is 8.31. The lowest BCUT2D eigenvalue weighted by Gasteiger charge is -2.41. The molecule has 2 aromatic carbocycles. The zero-order chi connectivity index (χ0) is 23.4. The van der Waals surface area contributed by atoms with E-state index in [0.717, 1.165) is 5.69 Å². The molecule has 178 valence electrons. The summed E-state index contributed by atoms with van der Waals surface area (Å²) in [6.45, 7) is 2.68. The van der Waals surface area contributed by atoms with E-state index in [1.165, 1.54) is 12.1 Å². The molecule has 0 aromatic heterocycles. The van der Waals surface area contributed by atoms with Gasteiger partial charge < -0.3 is 29.9 Å². The van der Waals surface area contributed by atoms with Gasteiger partial charge in [-0.3, -0.25) is 9.69 Å². The molecule has 2 aromatic rings. The first-order valence-electron chi connectivity index (χ1n) is 11.1. The Labute approximate surface area is 192 Å². The molecule has 3 N–H and O–H groups in total. The SMILES string of the molecule is COc1ccc(C(=O)NC[C@H]2O[C@@H](CO)[C@@H](O)[C@H]2N2CCN(c3ccc(F)cc3)CC2)cc1. The summed E-state index contributed by atoms with van der Waals surface area (Å²) in [6.07, 6.45) is -2.03. The molecule has 0 saturated carbocycles. The zero-order valence-corrected chi connectivity index (χ0v) is 18.6. The third-order valence-corrected chi connectivity index (χ3v) is 6.38. The van der Waals surface area contributed by atoms with Crippen LogP contribution in [0.4, 0.5) is 10.1 Å². The number of benzene rings is 2. The van der Waals surface area contributed by atoms with E-state index in [1.54, 1.807) is 43.5 Å². The normalized spacial score (nSPS) is 25.8. The Balaban J connectivity index is 1.38. The van der Waals surface area contributed by atoms with Gasteiger partial charge in [-0.15, -0.1) is 0 Å². The van der Waals surface area contributed by atoms with E-state index in [1.807, 2.05) is 0 Å². The number of hydrogen-bond donors (Lipinski definition) is 3. The van der Waals surface area contributed by atoms with Crippen molar-refractivity contribution in [2.75, 3.05) is 51.3 Å². The van der Waals surface area contributed by atoms with Crippen LogP contribution in [0.2, 0.25) is 0 Å². The van der Waals surface area contributed by atoms with E-state index >= 15 is 0 Å². The van der Waals surface area contributed by atoms with Gasteiger partial charge in [0.15, 0.2) is 0 Å². The number of methoxy groups -OCH3 is 1. The lowest BCUT2D eigenvalue weighted by molar-refractivity contribution is -0.0209. The summed E-state index contributed by atoms with van der Waals surface area (Å²) in [6, 6.07) is 12.9. The van der Waals surface area contributed by atoms with Crippen molar-refractivity contribution in [2.45, 2.75) is 24.4 Å². The lowest BCUT2D eigenvalue weighted by Crippen LogP contribution is -2.57. The summed E-state index contributed by atoms with van der Waals surface area (Å²) >= 11 is 0. The van der Waals surface area contributed by atoms with Crippen LogP contribution in [0.5, 0.6) is 5.75 Å². The summed E-state index contributed by atoms with van der Waals surface area (Å²) in [5.41, 5.74) is 1.45. The van der Waals surface area contributed by atoms with Gasteiger partial charge in [0.05, 0.1) is 25.9 Å². The lowest BCUT2D eigenvalue weighted by atomic mass is 10.0. The van der Waals surface area contributed by atoms with E-state index < -0.39 is 18.3 Å². The van der Waals surface area contributed by atoms with Crippen LogP contribution in [0, 0.1) is 5.82 Å². The molecule has 0 spiro atoms. The number of carbonyl (C=O) groups excluding carboxylic acids is 1. The number of nitrogens with zero attached hydrogens (tertiary/aromatic N) is 2. The third kappa shape index (κ3) is 5.27. The number of hydrogen-bond acceptors (Lipinski definition) is 7. The number of nitrogens with one attached hydrogen (secondary N) is 1. The summed E-state index contributed by atoms with van der Waals surface area (Å²) in [5.74, 6) is 0.153. The van der Waals surface area contributed by atoms with Crippen LogP contribution in [0.1, 0.15) is 10.4 Å². The molecule has 2 heterocycles. The topological polar surface area (TPSA) is 94.5 Å². The second-order valence-corrected chi connectivity index (χ2v) is 8.31. The number of aliphatic hydroxyl groups is 2. The molecule has 8 nitrogen and oxygen atoms in total. The summed E-state index contributed by atoms with van der Waals surface area (Å²) < 4.78 is 24.2. The molecule has 0 unspecified atom stereocenters. The Kier molecular flexibility index (Phi) is 7.44. The van der Waals surface area contributed by atoms with Crippen molar-refractivity contribution in [3.05, 3.63) is 59.9 Å². The van der Waals surface area contributed by atoms with Gasteiger partial charge in [0.2, 0.25) is 0 Å². The van der Waals surface area contributed by atoms with Crippen LogP contribution in [0.25, 0.3) is 0 Å². The van der Waals surface area contributed by atoms with E-state index in [0.29, 0.717) is 37.5 Å². The van der Waals surface area contributed by atoms with Crippen LogP contribution in [-0.4, -0.2) is 91.8 Å². The molecular formula is C24H30FN3O5. The highest BCUT2D eigenvalue weighted by molar-refractivity contribution is 5.94. The standard InChI is InChI=1S/C24H30FN3O5/c1-32-19-8-2-16(3-9-19)24(31)26-14-20-22(23(30)21(15-29)33-20)28-12-10-27(11-13-28)18-6-4-17(25)5-7-18/h2-9,20-23,29-30H,10-15H2,1H3,(H,26,31)/t20-,21+,22+,23-/m1/s1. The van der Waals surface area contributed by atoms with Crippen molar-refractivity contribution in [2.24, 2.45) is 0 Å². The maximum atomic E-state index is 13.2. The molecule has 2 fully saturated rings. The van der Waals surface area contributed by atoms with Gasteiger partial charge in [-0.25, -0.2) is 4.39 Å². The van der Waals surface area contributed by atoms with Crippen molar-refractivity contribution in [3.8, 4) is 5.75 Å². The molecule has 2 saturated heterocycles. The quantitative estimate of drug-likeness (QED) is 0.566. The fourth-order valence-electron chi connectivity index (χ4n) is 4.56. The average molecular weight is 460 g/mol. The third-order valence-electron chi connectivity index (χ3n) is 6.38. The first-order valence-corrected chi connectivity index (χ1v) is 11.1. The highest BCUT2D eigenvalue weighted by Crippen LogP contribution is 2.28. The molecule has 0 aliphatic carbocycles. The van der Waals surface area contributed by atoms with Crippen LogP contribution in [0.15, 0.2) is 48.5 Å². The largest absolute Gasteiger partial charge is 0.497 e. The smallest absolute Gasteiger partial charge is 0.251 e. The number of ether oxygens (including phenoxy) is 2. The first kappa shape index (κ1) is 23.4. The minimum Gasteiger partial charge on any atom is -0.497 e. The number of halogens is 1. The van der Waals surface area contributed by atoms with Crippen LogP contribution >= 0.6 is 0 Å². The summed E-state index contributed by atoms with van der Waals surface area (Å²) in [4.78, 5) is 16.9. The fourth-order valence-corrected chi connectivity index (χ4v) is 4.56. The number of rotatable bonds is 7. The Morgan fingerprint density at radius 2 is 1.76 bits per heavy atom. The minimum absolute atomic E-state index is 0.210. The van der Waals surface area contributed by atoms with Gasteiger partial charge in [0.1, 0.15) is 23.8 Å². The average Bonchev–Trinajstić information content (AvgIpc) is 3.18. The van der Waals surface area contributed by atoms with Gasteiger partial charge in [0.25, 0.3) is 5.91 Å². The summed E-state index contributed by atoms with van der Waals surface area (Å²) in [7, 11) is 1.56. The van der Waals surface area contributed by atoms with Gasteiger partial charge >= 0.3 is 0 Å². The van der Waals surface area contributed by atoms with Gasteiger partial charge in [-0.1, -0.05) is 0 Å². The predicted octanol–water partition coefficient (Wildman–Crippen LogP) is 0.876. The van der Waals surface area contributed by atoms with E-state index in [2.05, 4.69) is 15.1 Å². The maximum Gasteiger partial charge on any atom is 0.251 e. The van der Waals surface area contributed by atoms with Crippen molar-refractivity contribution < 1.29 is 28.9 Å². The van der Waals surface area contributed by atoms with Crippen molar-refractivity contribution in [1.82, 2.24) is 10.2 Å². The zero-order valence-electron chi connectivity index (χ0n) is 18.6. The number of aliphatic hydroxyl groups excluding tert-OH is 2. The number of piperazine rings is 1. The summed E-state index contributed by atoms with van der Waals surface area (Å²) in [5, 5.41) is 23.3. The van der Waals surface area contributed by atoms with Gasteiger partial charge in [-0.05, 0) is 48.5 Å². The molecule has 4 rings (SSSR count). The Morgan fingerprint density at radius 1 is 1.09 bits per heavy atom. The van der Waals surface area contributed by atoms with Crippen molar-refractivity contribution >= 4 is 11.6 Å². The molecule has 1 amide bonds. The van der Waals surface area contributed by atoms with Crippen LogP contribution < -0.4 is 15.0 Å². The molecule has 9 heteroatoms. The molecule has 2 aliphatic rings. The van der Waals surface area contributed by atoms with Gasteiger partial charge in [0, 0.05) is 44.0 Å². The van der Waals surface area contributed by atoms with E-state index in [-0.39, 0.29) is 30.9 Å². The fraction of sp³-hybridized carbons (Fsp3) is 0.458. The maximum absolute atomic E-state index is 13.2. The Bertz CT molecular complexity index is 919. The van der Waals surface area contributed by atoms with E-state index in [4.69, 9.17) is 9.47 Å². The monoisotopic (exact) mass is 459 g/mol. The predicted molar refractivity (Wildman–Crippen MR) is 121 cm³/mol. The number of carbonyl (C=O) groups is 1. The molecule has 0 radical (unpaired) electrons. The van der Waals surface area contributed by atoms with E-state index in [9.17, 15) is 19.4 Å². The molecule has 33 heavy (non-hydrogen) atoms. The van der Waals surface area contributed by atoms with Crippen LogP contribution in [0.3, 0.4) is 0 Å². The van der Waals surface area contributed by atoms with Crippen LogP contribution in [-0.2, 0) is 4.74 Å². The molecule has 0 bridgehead atoms. The highest BCUT2D eigenvalue weighted by Gasteiger charge is 2.46. The molecular weight excluding hydrogens is 429 g/mol. The van der Waals surface area contributed by atoms with Crippen molar-refractivity contribution in [3.63, 3.8) is 0 Å². The Hall–Kier alpha value is -2.72. The van der Waals surface area contributed by atoms with Crippen molar-refractivity contribution in [1.29, 1.82) is 0 Å². The number of amides is 1. The highest BCUT2D eigenvalue weighted by atomic mass is 19.1. The second kappa shape index (κ2) is 10.5. The Morgan fingerprint density at radius 3 is 2.36 bits per heavy atom. The molecule has 4 atom stereocenters. The minimum atomic E-state index is -0.866. The molecule has 2 aliphatic heterocycles. The van der Waals surface area contributed by atoms with Gasteiger partial charge in [-0.2, -0.15) is 0 Å². The first-order chi connectivity index (χ1) is 16.0.